The van der Waals surface area contributed by atoms with E-state index in [4.69, 9.17) is 0 Å². The van der Waals surface area contributed by atoms with Gasteiger partial charge in [0.1, 0.15) is 0 Å². The van der Waals surface area contributed by atoms with E-state index in [1.807, 2.05) is 0 Å². The van der Waals surface area contributed by atoms with Crippen LogP contribution in [0.4, 0.5) is 0 Å². The molecule has 0 aliphatic heterocycles. The summed E-state index contributed by atoms with van der Waals surface area (Å²) in [6.07, 6.45) is 6.35. The van der Waals surface area contributed by atoms with Crippen molar-refractivity contribution in [2.24, 2.45) is 7.05 Å². The van der Waals surface area contributed by atoms with Crippen LogP contribution in [0.15, 0.2) is 110 Å². The molecule has 0 saturated carbocycles. The molecule has 3 heteroatoms. The van der Waals surface area contributed by atoms with Crippen LogP contribution in [0.2, 0.25) is 0 Å². The fourth-order valence-electron chi connectivity index (χ4n) is 4.14. The van der Waals surface area contributed by atoms with E-state index in [9.17, 15) is 0 Å². The Morgan fingerprint density at radius 1 is 0.633 bits per heavy atom. The molecule has 0 aliphatic carbocycles. The molecule has 5 aromatic rings. The molecule has 0 bridgehead atoms. The van der Waals surface area contributed by atoms with Crippen LogP contribution >= 0.6 is 0 Å². The van der Waals surface area contributed by atoms with Gasteiger partial charge in [0, 0.05) is 23.4 Å². The van der Waals surface area contributed by atoms with Crippen molar-refractivity contribution >= 4 is 0 Å². The van der Waals surface area contributed by atoms with Crippen molar-refractivity contribution in [3.05, 3.63) is 115 Å². The third-order valence-corrected chi connectivity index (χ3v) is 5.59. The van der Waals surface area contributed by atoms with Gasteiger partial charge in [-0.1, -0.05) is 78.9 Å². The lowest BCUT2D eigenvalue weighted by Gasteiger charge is -2.19. The first-order chi connectivity index (χ1) is 14.7. The number of hydrogen-bond acceptors (Lipinski definition) is 0. The van der Waals surface area contributed by atoms with Gasteiger partial charge < -0.3 is 0 Å². The smallest absolute Gasteiger partial charge is 0.195 e. The molecule has 0 aliphatic rings. The van der Waals surface area contributed by atoms with Crippen LogP contribution in [0, 0.1) is 6.92 Å². The fraction of sp³-hybridized carbons (Fsp3) is 0.0741. The monoisotopic (exact) mass is 390 g/mol. The quantitative estimate of drug-likeness (QED) is 0.348. The summed E-state index contributed by atoms with van der Waals surface area (Å²) in [6, 6.07) is 32.1. The van der Waals surface area contributed by atoms with Crippen LogP contribution in [-0.4, -0.2) is 9.25 Å². The second kappa shape index (κ2) is 7.53. The molecule has 3 nitrogen and oxygen atoms in total. The van der Waals surface area contributed by atoms with Crippen molar-refractivity contribution < 1.29 is 4.68 Å². The Labute approximate surface area is 177 Å². The third kappa shape index (κ3) is 3.05. The molecule has 2 aromatic heterocycles. The summed E-state index contributed by atoms with van der Waals surface area (Å²) in [5.74, 6) is 1.14. The van der Waals surface area contributed by atoms with E-state index in [-0.39, 0.29) is 0 Å². The maximum Gasteiger partial charge on any atom is 0.195 e. The van der Waals surface area contributed by atoms with Gasteiger partial charge in [-0.3, -0.25) is 4.57 Å². The second-order valence-electron chi connectivity index (χ2n) is 7.53. The topological polar surface area (TPSA) is 13.7 Å². The van der Waals surface area contributed by atoms with Gasteiger partial charge in [-0.05, 0) is 29.7 Å². The van der Waals surface area contributed by atoms with Gasteiger partial charge in [-0.2, -0.15) is 0 Å². The Balaban J connectivity index is 1.86. The Morgan fingerprint density at radius 3 is 1.77 bits per heavy atom. The van der Waals surface area contributed by atoms with Gasteiger partial charge in [-0.25, -0.2) is 0 Å². The summed E-state index contributed by atoms with van der Waals surface area (Å²) < 4.78 is 6.61. The molecule has 0 saturated heterocycles. The first-order valence-corrected chi connectivity index (χ1v) is 10.2. The zero-order valence-corrected chi connectivity index (χ0v) is 17.2. The highest BCUT2D eigenvalue weighted by atomic mass is 15.4. The summed E-state index contributed by atoms with van der Waals surface area (Å²) in [5, 5.41) is 0. The van der Waals surface area contributed by atoms with E-state index in [2.05, 4.69) is 137 Å². The molecule has 5 rings (SSSR count). The molecule has 0 amide bonds. The number of nitrogens with zero attached hydrogens (tertiary/aromatic N) is 3. The van der Waals surface area contributed by atoms with E-state index in [0.29, 0.717) is 0 Å². The lowest BCUT2D eigenvalue weighted by atomic mass is 9.95. The summed E-state index contributed by atoms with van der Waals surface area (Å²) >= 11 is 0. The summed E-state index contributed by atoms with van der Waals surface area (Å²) in [6.45, 7) is 2.17. The number of hydrogen-bond donors (Lipinski definition) is 0. The maximum atomic E-state index is 2.32. The van der Waals surface area contributed by atoms with Gasteiger partial charge in [-0.15, -0.1) is 9.36 Å². The molecule has 0 radical (unpaired) electrons. The number of aryl methyl sites for hydroxylation is 2. The molecule has 3 aromatic carbocycles. The molecular formula is C27H24N3+. The van der Waals surface area contributed by atoms with Crippen LogP contribution in [-0.2, 0) is 7.05 Å². The Morgan fingerprint density at radius 2 is 1.23 bits per heavy atom. The fourth-order valence-corrected chi connectivity index (χ4v) is 4.14. The van der Waals surface area contributed by atoms with Crippen LogP contribution < -0.4 is 4.68 Å². The summed E-state index contributed by atoms with van der Waals surface area (Å²) in [5.41, 5.74) is 7.25. The van der Waals surface area contributed by atoms with Crippen LogP contribution in [0.25, 0.3) is 33.8 Å². The predicted octanol–water partition coefficient (Wildman–Crippen LogP) is 5.73. The molecule has 30 heavy (non-hydrogen) atoms. The average molecular weight is 391 g/mol. The number of rotatable bonds is 4. The van der Waals surface area contributed by atoms with Gasteiger partial charge in [0.2, 0.25) is 0 Å². The van der Waals surface area contributed by atoms with Gasteiger partial charge in [0.15, 0.2) is 19.1 Å². The highest BCUT2D eigenvalue weighted by Crippen LogP contribution is 2.37. The van der Waals surface area contributed by atoms with Crippen molar-refractivity contribution in [2.45, 2.75) is 6.92 Å². The molecule has 0 atom stereocenters. The molecule has 0 fully saturated rings. The lowest BCUT2D eigenvalue weighted by molar-refractivity contribution is -0.744. The summed E-state index contributed by atoms with van der Waals surface area (Å²) in [7, 11) is 2.07. The van der Waals surface area contributed by atoms with Crippen molar-refractivity contribution in [3.63, 3.8) is 0 Å². The van der Waals surface area contributed by atoms with Crippen molar-refractivity contribution in [1.82, 2.24) is 9.25 Å². The molecule has 0 spiro atoms. The van der Waals surface area contributed by atoms with E-state index in [1.54, 1.807) is 0 Å². The van der Waals surface area contributed by atoms with Crippen molar-refractivity contribution in [1.29, 1.82) is 0 Å². The van der Waals surface area contributed by atoms with Gasteiger partial charge in [0.25, 0.3) is 0 Å². The third-order valence-electron chi connectivity index (χ3n) is 5.59. The zero-order valence-electron chi connectivity index (χ0n) is 17.2. The van der Waals surface area contributed by atoms with Crippen molar-refractivity contribution in [3.8, 4) is 33.8 Å². The number of benzene rings is 3. The lowest BCUT2D eigenvalue weighted by Crippen LogP contribution is -2.37. The minimum absolute atomic E-state index is 1.14. The Kier molecular flexibility index (Phi) is 4.56. The minimum atomic E-state index is 1.14. The zero-order chi connectivity index (χ0) is 20.5. The Bertz CT molecular complexity index is 1240. The molecular weight excluding hydrogens is 366 g/mol. The number of para-hydroxylation sites is 1. The van der Waals surface area contributed by atoms with Crippen LogP contribution in [0.1, 0.15) is 5.56 Å². The second-order valence-corrected chi connectivity index (χ2v) is 7.53. The van der Waals surface area contributed by atoms with Crippen LogP contribution in [0.5, 0.6) is 0 Å². The van der Waals surface area contributed by atoms with E-state index < -0.39 is 0 Å². The molecule has 2 heterocycles. The average Bonchev–Trinajstić information content (AvgIpc) is 3.39. The van der Waals surface area contributed by atoms with Crippen molar-refractivity contribution in [2.75, 3.05) is 0 Å². The van der Waals surface area contributed by atoms with E-state index >= 15 is 0 Å². The Hall–Kier alpha value is -3.85. The molecule has 0 N–H and O–H groups in total. The highest BCUT2D eigenvalue weighted by Gasteiger charge is 2.20. The highest BCUT2D eigenvalue weighted by molar-refractivity contribution is 5.86. The van der Waals surface area contributed by atoms with Gasteiger partial charge in [0.05, 0.1) is 11.9 Å². The molecule has 146 valence electrons. The summed E-state index contributed by atoms with van der Waals surface area (Å²) in [4.78, 5) is 0. The SMILES string of the molecule is Cc1ccn(-c2c(-c3ccccc3)cccc2-c2ccccc2)c1-n1ccc[n+]1C. The van der Waals surface area contributed by atoms with Gasteiger partial charge >= 0.3 is 0 Å². The maximum absolute atomic E-state index is 2.32. The largest absolute Gasteiger partial charge is 0.297 e. The molecule has 0 unspecified atom stereocenters. The normalized spacial score (nSPS) is 11.0. The minimum Gasteiger partial charge on any atom is -0.297 e. The number of aromatic nitrogens is 3. The van der Waals surface area contributed by atoms with Crippen LogP contribution in [0.3, 0.4) is 0 Å². The standard InChI is InChI=1S/C27H24N3/c1-21-17-20-29(27(21)30-19-10-18-28(30)2)26-24(22-11-5-3-6-12-22)15-9-16-25(26)23-13-7-4-8-14-23/h3-20H,1-2H3/q+1. The van der Waals surface area contributed by atoms with E-state index in [0.717, 1.165) is 5.82 Å². The van der Waals surface area contributed by atoms with E-state index in [1.165, 1.54) is 33.5 Å². The predicted molar refractivity (Wildman–Crippen MR) is 122 cm³/mol. The first kappa shape index (κ1) is 18.2. The first-order valence-electron chi connectivity index (χ1n) is 10.2.